The molecule has 1 heterocycles. The topological polar surface area (TPSA) is 56.6 Å². The molecule has 0 spiro atoms. The van der Waals surface area contributed by atoms with Crippen LogP contribution in [0, 0.1) is 0 Å². The van der Waals surface area contributed by atoms with Crippen molar-refractivity contribution >= 4 is 53.7 Å². The zero-order chi connectivity index (χ0) is 21.2. The van der Waals surface area contributed by atoms with E-state index in [9.17, 15) is 13.6 Å². The molecule has 2 atom stereocenters. The summed E-state index contributed by atoms with van der Waals surface area (Å²) in [6.07, 6.45) is -2.16. The third kappa shape index (κ3) is 5.11. The molecule has 0 saturated heterocycles. The van der Waals surface area contributed by atoms with E-state index in [-0.39, 0.29) is 5.56 Å². The Morgan fingerprint density at radius 1 is 1.21 bits per heavy atom. The minimum absolute atomic E-state index is 0.218. The van der Waals surface area contributed by atoms with Gasteiger partial charge in [-0.05, 0) is 57.8 Å². The number of amides is 1. The summed E-state index contributed by atoms with van der Waals surface area (Å²) < 4.78 is 35.8. The third-order valence-corrected chi connectivity index (χ3v) is 5.64. The van der Waals surface area contributed by atoms with Gasteiger partial charge < -0.3 is 4.74 Å². The summed E-state index contributed by atoms with van der Waals surface area (Å²) in [4.78, 5) is 18.0. The van der Waals surface area contributed by atoms with E-state index >= 15 is 0 Å². The molecule has 2 rings (SSSR count). The molecule has 0 N–H and O–H groups in total. The lowest BCUT2D eigenvalue weighted by atomic mass is 10.1. The van der Waals surface area contributed by atoms with Crippen molar-refractivity contribution in [3.8, 4) is 5.75 Å². The number of benzene rings is 1. The van der Waals surface area contributed by atoms with Crippen LogP contribution in [0.5, 0.6) is 5.75 Å². The first-order valence-corrected chi connectivity index (χ1v) is 10.4. The van der Waals surface area contributed by atoms with E-state index in [1.807, 2.05) is 12.1 Å². The van der Waals surface area contributed by atoms with Crippen LogP contribution in [0.4, 0.5) is 8.78 Å². The number of alkyl halides is 2. The molecule has 28 heavy (non-hydrogen) atoms. The molecule has 11 heteroatoms. The Balaban J connectivity index is 2.25. The average Bonchev–Trinajstić information content (AvgIpc) is 3.00. The molecule has 1 aromatic carbocycles. The number of hydroxylamine groups is 2. The van der Waals surface area contributed by atoms with Gasteiger partial charge in [0.1, 0.15) is 17.5 Å². The van der Waals surface area contributed by atoms with Crippen molar-refractivity contribution in [1.29, 1.82) is 0 Å². The van der Waals surface area contributed by atoms with E-state index in [0.717, 1.165) is 9.54 Å². The lowest BCUT2D eigenvalue weighted by Crippen LogP contribution is -2.45. The van der Waals surface area contributed by atoms with Crippen molar-refractivity contribution < 1.29 is 23.1 Å². The summed E-state index contributed by atoms with van der Waals surface area (Å²) in [5, 5.41) is 4.67. The molecule has 0 saturated carbocycles. The van der Waals surface area contributed by atoms with Crippen molar-refractivity contribution in [1.82, 2.24) is 14.8 Å². The molecule has 0 aliphatic heterocycles. The maximum absolute atomic E-state index is 13.2. The number of hydrogen-bond donors (Lipinski definition) is 0. The highest BCUT2D eigenvalue weighted by Gasteiger charge is 2.32. The van der Waals surface area contributed by atoms with Gasteiger partial charge in [0, 0.05) is 17.7 Å². The number of aryl methyl sites for hydroxylation is 1. The molecule has 0 fully saturated rings. The smallest absolute Gasteiger partial charge is 0.282 e. The molecule has 0 aliphatic rings. The Morgan fingerprint density at radius 2 is 1.79 bits per heavy atom. The van der Waals surface area contributed by atoms with Crippen LogP contribution in [-0.2, 0) is 11.9 Å². The van der Waals surface area contributed by atoms with Crippen LogP contribution in [0.1, 0.15) is 36.3 Å². The number of carbonyl (C=O) groups excluding carboxylic acids is 1. The van der Waals surface area contributed by atoms with E-state index in [2.05, 4.69) is 52.9 Å². The van der Waals surface area contributed by atoms with Crippen molar-refractivity contribution in [2.24, 2.45) is 7.05 Å². The first-order valence-electron chi connectivity index (χ1n) is 8.07. The average molecular weight is 590 g/mol. The maximum atomic E-state index is 13.2. The minimum atomic E-state index is -2.88. The number of aromatic nitrogens is 2. The Labute approximate surface area is 186 Å². The SMILES string of the molecule is CON(C(=O)c1cn(C)nc1C(F)F)C(C)C(C)Oc1c(Br)cc(Br)cc1Br. The van der Waals surface area contributed by atoms with Gasteiger partial charge in [-0.3, -0.25) is 14.3 Å². The van der Waals surface area contributed by atoms with E-state index in [0.29, 0.717) is 14.7 Å². The van der Waals surface area contributed by atoms with Gasteiger partial charge in [-0.15, -0.1) is 0 Å². The Morgan fingerprint density at radius 3 is 2.29 bits per heavy atom. The molecule has 154 valence electrons. The van der Waals surface area contributed by atoms with Crippen LogP contribution in [0.15, 0.2) is 31.7 Å². The Kier molecular flexibility index (Phi) is 8.00. The summed E-state index contributed by atoms with van der Waals surface area (Å²) in [7, 11) is 2.77. The highest BCUT2D eigenvalue weighted by Crippen LogP contribution is 2.37. The van der Waals surface area contributed by atoms with Crippen molar-refractivity contribution in [3.05, 3.63) is 43.0 Å². The van der Waals surface area contributed by atoms with Gasteiger partial charge in [0.15, 0.2) is 0 Å². The number of carbonyl (C=O) groups is 1. The van der Waals surface area contributed by atoms with Gasteiger partial charge >= 0.3 is 0 Å². The fraction of sp³-hybridized carbons (Fsp3) is 0.412. The summed E-state index contributed by atoms with van der Waals surface area (Å²) in [5.74, 6) is -0.177. The van der Waals surface area contributed by atoms with Crippen molar-refractivity contribution in [3.63, 3.8) is 0 Å². The normalized spacial score (nSPS) is 13.5. The van der Waals surface area contributed by atoms with Gasteiger partial charge in [-0.2, -0.15) is 5.10 Å². The lowest BCUT2D eigenvalue weighted by Gasteiger charge is -2.31. The molecule has 0 aliphatic carbocycles. The maximum Gasteiger partial charge on any atom is 0.282 e. The standard InChI is InChI=1S/C17H18Br3F2N3O3/c1-8(9(2)28-15-12(19)5-10(18)6-13(15)20)25(27-4)17(26)11-7-24(3)23-14(11)16(21)22/h5-9,16H,1-4H3. The van der Waals surface area contributed by atoms with Crippen LogP contribution in [-0.4, -0.2) is 40.0 Å². The first-order chi connectivity index (χ1) is 13.1. The predicted molar refractivity (Wildman–Crippen MR) is 110 cm³/mol. The molecule has 0 radical (unpaired) electrons. The molecule has 2 aromatic rings. The number of rotatable bonds is 7. The highest BCUT2D eigenvalue weighted by atomic mass is 79.9. The van der Waals surface area contributed by atoms with Gasteiger partial charge in [0.2, 0.25) is 0 Å². The largest absolute Gasteiger partial charge is 0.486 e. The van der Waals surface area contributed by atoms with Crippen molar-refractivity contribution in [2.75, 3.05) is 7.11 Å². The third-order valence-electron chi connectivity index (χ3n) is 4.01. The zero-order valence-electron chi connectivity index (χ0n) is 15.4. The van der Waals surface area contributed by atoms with Crippen LogP contribution in [0.2, 0.25) is 0 Å². The van der Waals surface area contributed by atoms with E-state index in [4.69, 9.17) is 9.57 Å². The summed E-state index contributed by atoms with van der Waals surface area (Å²) >= 11 is 10.2. The first kappa shape index (κ1) is 23.2. The highest BCUT2D eigenvalue weighted by molar-refractivity contribution is 9.11. The molecule has 1 aromatic heterocycles. The second kappa shape index (κ2) is 9.64. The van der Waals surface area contributed by atoms with Crippen molar-refractivity contribution in [2.45, 2.75) is 32.4 Å². The number of hydrogen-bond acceptors (Lipinski definition) is 4. The van der Waals surface area contributed by atoms with E-state index in [1.165, 1.54) is 25.0 Å². The Hall–Kier alpha value is -1.04. The fourth-order valence-electron chi connectivity index (χ4n) is 2.50. The molecule has 2 unspecified atom stereocenters. The summed E-state index contributed by atoms with van der Waals surface area (Å²) in [6.45, 7) is 3.45. The van der Waals surface area contributed by atoms with Gasteiger partial charge in [-0.1, -0.05) is 15.9 Å². The van der Waals surface area contributed by atoms with Gasteiger partial charge in [-0.25, -0.2) is 13.8 Å². The van der Waals surface area contributed by atoms with Gasteiger partial charge in [0.05, 0.1) is 27.7 Å². The number of halogens is 5. The second-order valence-electron chi connectivity index (χ2n) is 5.98. The predicted octanol–water partition coefficient (Wildman–Crippen LogP) is 5.50. The quantitative estimate of drug-likeness (QED) is 0.400. The monoisotopic (exact) mass is 587 g/mol. The molecular formula is C17H18Br3F2N3O3. The van der Waals surface area contributed by atoms with Gasteiger partial charge in [0.25, 0.3) is 12.3 Å². The summed E-state index contributed by atoms with van der Waals surface area (Å²) in [5.41, 5.74) is -0.807. The number of nitrogens with zero attached hydrogens (tertiary/aromatic N) is 3. The van der Waals surface area contributed by atoms with E-state index in [1.54, 1.807) is 13.8 Å². The van der Waals surface area contributed by atoms with E-state index < -0.39 is 30.2 Å². The Bertz CT molecular complexity index is 840. The second-order valence-corrected chi connectivity index (χ2v) is 8.60. The van der Waals surface area contributed by atoms with Crippen LogP contribution in [0.3, 0.4) is 0 Å². The number of ether oxygens (including phenoxy) is 1. The van der Waals surface area contributed by atoms with Crippen LogP contribution in [0.25, 0.3) is 0 Å². The molecule has 1 amide bonds. The lowest BCUT2D eigenvalue weighted by molar-refractivity contribution is -0.137. The van der Waals surface area contributed by atoms with Crippen LogP contribution < -0.4 is 4.74 Å². The van der Waals surface area contributed by atoms with Crippen LogP contribution >= 0.6 is 47.8 Å². The zero-order valence-corrected chi connectivity index (χ0v) is 20.2. The molecular weight excluding hydrogens is 572 g/mol. The molecule has 0 bridgehead atoms. The fourth-order valence-corrected chi connectivity index (χ4v) is 4.95. The molecule has 6 nitrogen and oxygen atoms in total. The summed E-state index contributed by atoms with van der Waals surface area (Å²) in [6, 6.07) is 3.05. The minimum Gasteiger partial charge on any atom is -0.486 e.